The first-order chi connectivity index (χ1) is 6.65. The Labute approximate surface area is 108 Å². The number of alkyl halides is 1. The van der Waals surface area contributed by atoms with Crippen molar-refractivity contribution in [3.05, 3.63) is 20.3 Å². The minimum absolute atomic E-state index is 0.352. The van der Waals surface area contributed by atoms with E-state index in [1.165, 1.54) is 30.6 Å². The lowest BCUT2D eigenvalue weighted by molar-refractivity contribution is 0.664. The molecule has 0 aromatic carbocycles. The molecule has 0 nitrogen and oxygen atoms in total. The minimum atomic E-state index is 0.352. The number of rotatable bonds is 5. The van der Waals surface area contributed by atoms with Gasteiger partial charge in [0.05, 0.1) is 8.67 Å². The molecule has 14 heavy (non-hydrogen) atoms. The second kappa shape index (κ2) is 6.37. The topological polar surface area (TPSA) is 0 Å². The van der Waals surface area contributed by atoms with Crippen LogP contribution in [0, 0.1) is 0 Å². The van der Waals surface area contributed by atoms with E-state index in [2.05, 4.69) is 22.9 Å². The maximum absolute atomic E-state index is 6.06. The molecule has 0 bridgehead atoms. The van der Waals surface area contributed by atoms with Crippen LogP contribution in [0.1, 0.15) is 43.0 Å². The Bertz CT molecular complexity index is 286. The average Bonchev–Trinajstić information content (AvgIpc) is 2.45. The molecule has 0 aliphatic heterocycles. The zero-order valence-electron chi connectivity index (χ0n) is 8.03. The summed E-state index contributed by atoms with van der Waals surface area (Å²) in [5.41, 5.74) is 1.14. The van der Waals surface area contributed by atoms with Crippen molar-refractivity contribution in [2.75, 3.05) is 0 Å². The number of thiophene rings is 1. The van der Waals surface area contributed by atoms with Gasteiger partial charge in [0.15, 0.2) is 0 Å². The third kappa shape index (κ3) is 3.73. The molecular formula is C10H13BrCl2S. The Kier molecular flexibility index (Phi) is 5.83. The molecule has 80 valence electrons. The van der Waals surface area contributed by atoms with Gasteiger partial charge in [-0.2, -0.15) is 0 Å². The van der Waals surface area contributed by atoms with Crippen molar-refractivity contribution >= 4 is 50.5 Å². The summed E-state index contributed by atoms with van der Waals surface area (Å²) in [6, 6.07) is 1.96. The van der Waals surface area contributed by atoms with Gasteiger partial charge in [-0.1, -0.05) is 65.3 Å². The Morgan fingerprint density at radius 1 is 1.43 bits per heavy atom. The van der Waals surface area contributed by atoms with Crippen molar-refractivity contribution in [2.45, 2.75) is 37.4 Å². The van der Waals surface area contributed by atoms with Crippen LogP contribution >= 0.6 is 50.5 Å². The van der Waals surface area contributed by atoms with Gasteiger partial charge in [-0.15, -0.1) is 11.3 Å². The van der Waals surface area contributed by atoms with Crippen LogP contribution < -0.4 is 0 Å². The first-order valence-electron chi connectivity index (χ1n) is 4.74. The summed E-state index contributed by atoms with van der Waals surface area (Å²) >= 11 is 17.0. The molecule has 1 aromatic rings. The molecule has 0 N–H and O–H groups in total. The van der Waals surface area contributed by atoms with Crippen molar-refractivity contribution in [1.82, 2.24) is 0 Å². The van der Waals surface area contributed by atoms with Gasteiger partial charge in [-0.05, 0) is 18.1 Å². The van der Waals surface area contributed by atoms with Gasteiger partial charge in [-0.3, -0.25) is 0 Å². The van der Waals surface area contributed by atoms with E-state index in [1.54, 1.807) is 0 Å². The molecule has 0 fully saturated rings. The predicted molar refractivity (Wildman–Crippen MR) is 70.1 cm³/mol. The quantitative estimate of drug-likeness (QED) is 0.457. The monoisotopic (exact) mass is 314 g/mol. The van der Waals surface area contributed by atoms with Crippen LogP contribution in [0.15, 0.2) is 6.07 Å². The van der Waals surface area contributed by atoms with Crippen molar-refractivity contribution in [1.29, 1.82) is 0 Å². The van der Waals surface area contributed by atoms with Gasteiger partial charge in [0.25, 0.3) is 0 Å². The molecule has 1 aromatic heterocycles. The lowest BCUT2D eigenvalue weighted by atomic mass is 10.1. The molecular weight excluding hydrogens is 303 g/mol. The van der Waals surface area contributed by atoms with Crippen LogP contribution in [-0.2, 0) is 0 Å². The predicted octanol–water partition coefficient (Wildman–Crippen LogP) is 6.07. The molecule has 1 heterocycles. The lowest BCUT2D eigenvalue weighted by Gasteiger charge is -2.07. The third-order valence-corrected chi connectivity index (χ3v) is 4.55. The summed E-state index contributed by atoms with van der Waals surface area (Å²) in [5, 5.41) is 0. The van der Waals surface area contributed by atoms with E-state index in [0.717, 1.165) is 20.7 Å². The van der Waals surface area contributed by atoms with Gasteiger partial charge < -0.3 is 0 Å². The summed E-state index contributed by atoms with van der Waals surface area (Å²) in [7, 11) is 0. The first-order valence-corrected chi connectivity index (χ1v) is 7.22. The largest absolute Gasteiger partial charge is 0.111 e. The second-order valence-corrected chi connectivity index (χ2v) is 6.63. The summed E-state index contributed by atoms with van der Waals surface area (Å²) in [4.78, 5) is 0.352. The van der Waals surface area contributed by atoms with Crippen LogP contribution in [0.4, 0.5) is 0 Å². The normalized spacial score (nSPS) is 13.1. The molecule has 0 saturated carbocycles. The van der Waals surface area contributed by atoms with Crippen LogP contribution in [0.2, 0.25) is 8.67 Å². The second-order valence-electron chi connectivity index (χ2n) is 3.24. The Hall–Kier alpha value is 0.760. The molecule has 4 heteroatoms. The molecule has 0 radical (unpaired) electrons. The molecule has 1 atom stereocenters. The Morgan fingerprint density at radius 3 is 2.64 bits per heavy atom. The number of hydrogen-bond acceptors (Lipinski definition) is 1. The molecule has 0 spiro atoms. The van der Waals surface area contributed by atoms with E-state index in [4.69, 9.17) is 23.2 Å². The lowest BCUT2D eigenvalue weighted by Crippen LogP contribution is -1.88. The SMILES string of the molecule is CCCCCC(Br)c1cc(Cl)sc1Cl. The molecule has 0 aliphatic carbocycles. The molecule has 0 amide bonds. The third-order valence-electron chi connectivity index (χ3n) is 2.08. The first kappa shape index (κ1) is 12.8. The summed E-state index contributed by atoms with van der Waals surface area (Å²) in [6.45, 7) is 2.21. The van der Waals surface area contributed by atoms with E-state index >= 15 is 0 Å². The molecule has 0 aliphatic rings. The Morgan fingerprint density at radius 2 is 2.14 bits per heavy atom. The van der Waals surface area contributed by atoms with Gasteiger partial charge in [0.1, 0.15) is 0 Å². The van der Waals surface area contributed by atoms with E-state index < -0.39 is 0 Å². The van der Waals surface area contributed by atoms with Crippen molar-refractivity contribution in [2.24, 2.45) is 0 Å². The zero-order valence-corrected chi connectivity index (χ0v) is 11.9. The van der Waals surface area contributed by atoms with Crippen molar-refractivity contribution in [3.63, 3.8) is 0 Å². The van der Waals surface area contributed by atoms with Crippen LogP contribution in [0.5, 0.6) is 0 Å². The molecule has 0 saturated heterocycles. The van der Waals surface area contributed by atoms with Crippen LogP contribution in [0.3, 0.4) is 0 Å². The van der Waals surface area contributed by atoms with Crippen LogP contribution in [-0.4, -0.2) is 0 Å². The maximum Gasteiger partial charge on any atom is 0.0987 e. The number of halogens is 3. The number of hydrogen-bond donors (Lipinski definition) is 0. The summed E-state index contributed by atoms with van der Waals surface area (Å²) in [6.07, 6.45) is 4.88. The van der Waals surface area contributed by atoms with E-state index in [0.29, 0.717) is 4.83 Å². The molecule has 1 rings (SSSR count). The van der Waals surface area contributed by atoms with Gasteiger partial charge in [0.2, 0.25) is 0 Å². The van der Waals surface area contributed by atoms with Crippen LogP contribution in [0.25, 0.3) is 0 Å². The Balaban J connectivity index is 2.51. The highest BCUT2D eigenvalue weighted by Crippen LogP contribution is 2.40. The molecule has 1 unspecified atom stereocenters. The number of unbranched alkanes of at least 4 members (excludes halogenated alkanes) is 2. The smallest absolute Gasteiger partial charge is 0.0987 e. The fourth-order valence-corrected chi connectivity index (χ4v) is 3.84. The van der Waals surface area contributed by atoms with Gasteiger partial charge in [0, 0.05) is 4.83 Å². The van der Waals surface area contributed by atoms with E-state index in [-0.39, 0.29) is 0 Å². The summed E-state index contributed by atoms with van der Waals surface area (Å²) in [5.74, 6) is 0. The van der Waals surface area contributed by atoms with Crippen molar-refractivity contribution < 1.29 is 0 Å². The summed E-state index contributed by atoms with van der Waals surface area (Å²) < 4.78 is 1.58. The zero-order chi connectivity index (χ0) is 10.6. The fourth-order valence-electron chi connectivity index (χ4n) is 1.30. The van der Waals surface area contributed by atoms with Gasteiger partial charge >= 0.3 is 0 Å². The van der Waals surface area contributed by atoms with E-state index in [1.807, 2.05) is 6.07 Å². The maximum atomic E-state index is 6.06. The van der Waals surface area contributed by atoms with Crippen molar-refractivity contribution in [3.8, 4) is 0 Å². The van der Waals surface area contributed by atoms with Gasteiger partial charge in [-0.25, -0.2) is 0 Å². The average molecular weight is 316 g/mol. The highest BCUT2D eigenvalue weighted by atomic mass is 79.9. The standard InChI is InChI=1S/C10H13BrCl2S/c1-2-3-4-5-8(11)7-6-9(12)14-10(7)13/h6,8H,2-5H2,1H3. The van der Waals surface area contributed by atoms with E-state index in [9.17, 15) is 0 Å². The highest BCUT2D eigenvalue weighted by Gasteiger charge is 2.14. The minimum Gasteiger partial charge on any atom is -0.111 e. The highest BCUT2D eigenvalue weighted by molar-refractivity contribution is 9.09. The fraction of sp³-hybridized carbons (Fsp3) is 0.600.